The summed E-state index contributed by atoms with van der Waals surface area (Å²) in [7, 11) is 4.20. The summed E-state index contributed by atoms with van der Waals surface area (Å²) in [5.74, 6) is 0.106. The number of ketones is 1. The molecule has 9 heteroatoms. The molecule has 4 aliphatic rings. The Kier molecular flexibility index (Phi) is 12.7. The van der Waals surface area contributed by atoms with Crippen LogP contribution in [0.5, 0.6) is 0 Å². The molecule has 3 heterocycles. The van der Waals surface area contributed by atoms with E-state index in [0.29, 0.717) is 38.1 Å². The Morgan fingerprint density at radius 2 is 1.86 bits per heavy atom. The highest BCUT2D eigenvalue weighted by Crippen LogP contribution is 2.42. The van der Waals surface area contributed by atoms with Gasteiger partial charge in [0.25, 0.3) is 0 Å². The summed E-state index contributed by atoms with van der Waals surface area (Å²) in [6.45, 7) is 4.71. The number of Topliss-reactive ketones (excluding diaryl/α,β-unsaturated/α-hetero) is 1. The van der Waals surface area contributed by atoms with Crippen molar-refractivity contribution in [3.8, 4) is 0 Å². The highest BCUT2D eigenvalue weighted by molar-refractivity contribution is 5.83. The van der Waals surface area contributed by atoms with E-state index in [0.717, 1.165) is 57.2 Å². The third-order valence-corrected chi connectivity index (χ3v) is 9.66. The van der Waals surface area contributed by atoms with Crippen molar-refractivity contribution in [1.82, 2.24) is 14.7 Å². The highest BCUT2D eigenvalue weighted by atomic mass is 16.7. The van der Waals surface area contributed by atoms with Crippen molar-refractivity contribution in [2.75, 3.05) is 47.1 Å². The van der Waals surface area contributed by atoms with Gasteiger partial charge in [0.1, 0.15) is 5.78 Å². The molecule has 4 rings (SSSR count). The van der Waals surface area contributed by atoms with Crippen LogP contribution in [0.1, 0.15) is 84.0 Å². The summed E-state index contributed by atoms with van der Waals surface area (Å²) < 4.78 is 11.2. The Hall–Kier alpha value is -2.65. The number of ether oxygens (including phenoxy) is 2. The van der Waals surface area contributed by atoms with Gasteiger partial charge in [-0.05, 0) is 83.2 Å². The number of likely N-dealkylation sites (tertiary alicyclic amines) is 1. The SMILES string of the molecule is CCCCC(CCCCCCN(C)C)C(=O)CN1C[C@H](C2C=C3OCOC3=CC2)[C@@H](C(=O)O)[C@@H]1CCN1C=CCCC1=O. The van der Waals surface area contributed by atoms with Crippen LogP contribution in [-0.2, 0) is 23.9 Å². The van der Waals surface area contributed by atoms with Crippen LogP contribution >= 0.6 is 0 Å². The van der Waals surface area contributed by atoms with E-state index >= 15 is 0 Å². The van der Waals surface area contributed by atoms with Gasteiger partial charge in [-0.1, -0.05) is 45.1 Å². The number of hydrogen-bond donors (Lipinski definition) is 1. The largest absolute Gasteiger partial charge is 0.481 e. The van der Waals surface area contributed by atoms with Crippen molar-refractivity contribution >= 4 is 17.7 Å². The van der Waals surface area contributed by atoms with Gasteiger partial charge in [0, 0.05) is 37.7 Å². The second-order valence-electron chi connectivity index (χ2n) is 13.0. The molecular formula is C34H53N3O6. The number of aliphatic carboxylic acids is 1. The summed E-state index contributed by atoms with van der Waals surface area (Å²) >= 11 is 0. The zero-order chi connectivity index (χ0) is 30.8. The molecule has 2 unspecified atom stereocenters. The molecule has 0 aromatic heterocycles. The second kappa shape index (κ2) is 16.4. The number of fused-ring (bicyclic) bond motifs is 1. The third-order valence-electron chi connectivity index (χ3n) is 9.66. The molecule has 43 heavy (non-hydrogen) atoms. The van der Waals surface area contributed by atoms with Gasteiger partial charge in [0.05, 0.1) is 12.5 Å². The Labute approximate surface area is 257 Å². The van der Waals surface area contributed by atoms with Crippen LogP contribution in [0.15, 0.2) is 35.9 Å². The number of allylic oxidation sites excluding steroid dienone is 3. The first-order valence-electron chi connectivity index (χ1n) is 16.6. The van der Waals surface area contributed by atoms with Gasteiger partial charge in [-0.15, -0.1) is 0 Å². The Bertz CT molecular complexity index is 1050. The number of rotatable bonds is 18. The van der Waals surface area contributed by atoms with Crippen LogP contribution in [0, 0.1) is 23.7 Å². The fourth-order valence-corrected chi connectivity index (χ4v) is 7.24. The van der Waals surface area contributed by atoms with Crippen LogP contribution in [0.4, 0.5) is 0 Å². The van der Waals surface area contributed by atoms with E-state index in [1.807, 2.05) is 24.4 Å². The van der Waals surface area contributed by atoms with Gasteiger partial charge in [-0.25, -0.2) is 0 Å². The van der Waals surface area contributed by atoms with Crippen molar-refractivity contribution in [2.45, 2.75) is 90.0 Å². The van der Waals surface area contributed by atoms with Crippen LogP contribution in [0.2, 0.25) is 0 Å². The lowest BCUT2D eigenvalue weighted by Gasteiger charge is -2.30. The molecule has 0 saturated carbocycles. The topological polar surface area (TPSA) is 99.6 Å². The number of hydrogen-bond acceptors (Lipinski definition) is 7. The van der Waals surface area contributed by atoms with Crippen molar-refractivity contribution in [3.05, 3.63) is 35.9 Å². The summed E-state index contributed by atoms with van der Waals surface area (Å²) in [5.41, 5.74) is 0. The first-order valence-corrected chi connectivity index (χ1v) is 16.6. The average molecular weight is 600 g/mol. The van der Waals surface area contributed by atoms with Gasteiger partial charge in [-0.3, -0.25) is 19.3 Å². The van der Waals surface area contributed by atoms with Gasteiger partial charge >= 0.3 is 5.97 Å². The maximum atomic E-state index is 13.9. The molecule has 2 saturated heterocycles. The molecule has 0 bridgehead atoms. The molecule has 3 aliphatic heterocycles. The minimum atomic E-state index is -0.831. The van der Waals surface area contributed by atoms with E-state index in [1.165, 1.54) is 12.8 Å². The minimum absolute atomic E-state index is 0.00899. The number of carbonyl (C=O) groups is 3. The van der Waals surface area contributed by atoms with E-state index in [1.54, 1.807) is 4.90 Å². The van der Waals surface area contributed by atoms with E-state index in [4.69, 9.17) is 9.47 Å². The molecule has 1 amide bonds. The zero-order valence-corrected chi connectivity index (χ0v) is 26.5. The quantitative estimate of drug-likeness (QED) is 0.215. The van der Waals surface area contributed by atoms with Gasteiger partial charge < -0.3 is 24.4 Å². The van der Waals surface area contributed by atoms with Crippen molar-refractivity contribution in [1.29, 1.82) is 0 Å². The van der Waals surface area contributed by atoms with Crippen LogP contribution in [0.25, 0.3) is 0 Å². The Morgan fingerprint density at radius 3 is 2.60 bits per heavy atom. The number of unbranched alkanes of at least 4 members (excludes halogenated alkanes) is 4. The number of carboxylic acids is 1. The monoisotopic (exact) mass is 599 g/mol. The van der Waals surface area contributed by atoms with Crippen molar-refractivity contribution < 1.29 is 29.0 Å². The first kappa shape index (κ1) is 33.2. The summed E-state index contributed by atoms with van der Waals surface area (Å²) in [6, 6.07) is -0.322. The molecule has 0 aromatic rings. The molecule has 0 radical (unpaired) electrons. The van der Waals surface area contributed by atoms with E-state index in [2.05, 4.69) is 30.8 Å². The lowest BCUT2D eigenvalue weighted by molar-refractivity contribution is -0.144. The summed E-state index contributed by atoms with van der Waals surface area (Å²) in [4.78, 5) is 45.4. The first-order chi connectivity index (χ1) is 20.8. The van der Waals surface area contributed by atoms with E-state index < -0.39 is 11.9 Å². The van der Waals surface area contributed by atoms with E-state index in [-0.39, 0.29) is 48.8 Å². The average Bonchev–Trinajstić information content (AvgIpc) is 3.60. The smallest absolute Gasteiger partial charge is 0.308 e. The molecule has 0 spiro atoms. The van der Waals surface area contributed by atoms with Gasteiger partial charge in [-0.2, -0.15) is 0 Å². The maximum Gasteiger partial charge on any atom is 0.308 e. The van der Waals surface area contributed by atoms with Gasteiger partial charge in [0.2, 0.25) is 12.7 Å². The number of carbonyl (C=O) groups excluding carboxylic acids is 2. The highest BCUT2D eigenvalue weighted by Gasteiger charge is 2.49. The zero-order valence-electron chi connectivity index (χ0n) is 26.5. The lowest BCUT2D eigenvalue weighted by atomic mass is 9.77. The van der Waals surface area contributed by atoms with Gasteiger partial charge in [0.15, 0.2) is 11.5 Å². The van der Waals surface area contributed by atoms with Crippen LogP contribution in [0.3, 0.4) is 0 Å². The lowest BCUT2D eigenvalue weighted by Crippen LogP contribution is -2.43. The predicted molar refractivity (Wildman–Crippen MR) is 166 cm³/mol. The minimum Gasteiger partial charge on any atom is -0.481 e. The molecule has 0 aromatic carbocycles. The summed E-state index contributed by atoms with van der Waals surface area (Å²) in [6.07, 6.45) is 18.7. The van der Waals surface area contributed by atoms with E-state index in [9.17, 15) is 19.5 Å². The maximum absolute atomic E-state index is 13.9. The molecule has 9 nitrogen and oxygen atoms in total. The molecule has 1 N–H and O–H groups in total. The third kappa shape index (κ3) is 9.17. The van der Waals surface area contributed by atoms with Crippen LogP contribution < -0.4 is 0 Å². The predicted octanol–water partition coefficient (Wildman–Crippen LogP) is 5.19. The molecule has 5 atom stereocenters. The molecule has 240 valence electrons. The molecule has 1 aliphatic carbocycles. The Balaban J connectivity index is 1.47. The molecule has 2 fully saturated rings. The normalized spacial score (nSPS) is 26.1. The van der Waals surface area contributed by atoms with Crippen molar-refractivity contribution in [2.24, 2.45) is 23.7 Å². The standard InChI is InChI=1S/C34H53N3O6/c1-4-5-12-25(13-8-6-7-10-18-35(2)3)29(38)23-37-22-27(26-15-16-30-31(21-26)43-24-42-30)33(34(40)41)28(37)17-20-36-19-11-9-14-32(36)39/h11,16,19,21,25-28,33H,4-10,12-15,17-18,20,22-24H2,1-3H3,(H,40,41)/t25?,26?,27-,28+,33-/m1/s1. The second-order valence-corrected chi connectivity index (χ2v) is 13.0. The number of nitrogens with zero attached hydrogens (tertiary/aromatic N) is 3. The number of amides is 1. The fourth-order valence-electron chi connectivity index (χ4n) is 7.24. The Morgan fingerprint density at radius 1 is 1.09 bits per heavy atom. The van der Waals surface area contributed by atoms with Crippen LogP contribution in [-0.4, -0.2) is 90.6 Å². The molecular weight excluding hydrogens is 546 g/mol. The summed E-state index contributed by atoms with van der Waals surface area (Å²) in [5, 5.41) is 10.6. The fraction of sp³-hybridized carbons (Fsp3) is 0.735. The number of carboxylic acid groups (broad SMARTS) is 1. The van der Waals surface area contributed by atoms with Crippen molar-refractivity contribution in [3.63, 3.8) is 0 Å².